The smallest absolute Gasteiger partial charge is 0.224 e. The predicted molar refractivity (Wildman–Crippen MR) is 76.7 cm³/mol. The summed E-state index contributed by atoms with van der Waals surface area (Å²) in [5.74, 6) is 0.655. The van der Waals surface area contributed by atoms with Crippen molar-refractivity contribution in [2.45, 2.75) is 26.7 Å². The summed E-state index contributed by atoms with van der Waals surface area (Å²) in [4.78, 5) is 22.7. The number of aromatic nitrogens is 2. The predicted octanol–water partition coefficient (Wildman–Crippen LogP) is 1.91. The van der Waals surface area contributed by atoms with Crippen LogP contribution in [0.2, 0.25) is 0 Å². The summed E-state index contributed by atoms with van der Waals surface area (Å²) < 4.78 is 5.19. The molecule has 0 bridgehead atoms. The third-order valence-corrected chi connectivity index (χ3v) is 2.62. The van der Waals surface area contributed by atoms with Gasteiger partial charge in [0.2, 0.25) is 23.6 Å². The molecular formula is C14H16N4O3. The summed E-state index contributed by atoms with van der Waals surface area (Å²) in [6, 6.07) is 6.89. The fourth-order valence-electron chi connectivity index (χ4n) is 1.72. The van der Waals surface area contributed by atoms with Crippen LogP contribution in [0.4, 0.5) is 11.4 Å². The number of hydrogen-bond donors (Lipinski definition) is 2. The van der Waals surface area contributed by atoms with E-state index in [0.717, 1.165) is 0 Å². The lowest BCUT2D eigenvalue weighted by Crippen LogP contribution is -2.12. The number of hydrogen-bond acceptors (Lipinski definition) is 5. The quantitative estimate of drug-likeness (QED) is 0.875. The first-order valence-electron chi connectivity index (χ1n) is 6.49. The molecule has 0 saturated carbocycles. The molecule has 0 unspecified atom stereocenters. The summed E-state index contributed by atoms with van der Waals surface area (Å²) in [6.45, 7) is 3.14. The van der Waals surface area contributed by atoms with Gasteiger partial charge in [-0.3, -0.25) is 9.59 Å². The fraction of sp³-hybridized carbons (Fsp3) is 0.286. The molecular weight excluding hydrogens is 272 g/mol. The van der Waals surface area contributed by atoms with Crippen LogP contribution >= 0.6 is 0 Å². The Morgan fingerprint density at radius 1 is 1.10 bits per heavy atom. The van der Waals surface area contributed by atoms with Gasteiger partial charge >= 0.3 is 0 Å². The molecule has 2 rings (SSSR count). The van der Waals surface area contributed by atoms with Gasteiger partial charge in [0.15, 0.2) is 0 Å². The van der Waals surface area contributed by atoms with Crippen LogP contribution in [-0.2, 0) is 16.0 Å². The van der Waals surface area contributed by atoms with Crippen LogP contribution in [-0.4, -0.2) is 22.0 Å². The molecule has 1 aromatic heterocycles. The maximum Gasteiger partial charge on any atom is 0.224 e. The van der Waals surface area contributed by atoms with Crippen LogP contribution in [0.15, 0.2) is 28.7 Å². The lowest BCUT2D eigenvalue weighted by Gasteiger charge is -2.06. The lowest BCUT2D eigenvalue weighted by molar-refractivity contribution is -0.116. The van der Waals surface area contributed by atoms with Crippen LogP contribution in [0.5, 0.6) is 0 Å². The van der Waals surface area contributed by atoms with Crippen molar-refractivity contribution in [2.75, 3.05) is 10.6 Å². The number of amides is 2. The zero-order valence-electron chi connectivity index (χ0n) is 11.8. The van der Waals surface area contributed by atoms with E-state index < -0.39 is 0 Å². The number of anilines is 2. The van der Waals surface area contributed by atoms with Gasteiger partial charge in [0.25, 0.3) is 0 Å². The molecule has 2 amide bonds. The molecule has 2 N–H and O–H groups in total. The number of nitrogens with zero attached hydrogens (tertiary/aromatic N) is 2. The Hall–Kier alpha value is -2.70. The highest BCUT2D eigenvalue weighted by Crippen LogP contribution is 2.14. The van der Waals surface area contributed by atoms with Gasteiger partial charge in [-0.15, -0.1) is 10.2 Å². The summed E-state index contributed by atoms with van der Waals surface area (Å²) in [6.07, 6.45) is 0.658. The molecule has 110 valence electrons. The maximum atomic E-state index is 11.8. The summed E-state index contributed by atoms with van der Waals surface area (Å²) >= 11 is 0. The zero-order chi connectivity index (χ0) is 15.2. The third-order valence-electron chi connectivity index (χ3n) is 2.62. The Balaban J connectivity index is 1.83. The van der Waals surface area contributed by atoms with Crippen LogP contribution in [0, 0.1) is 6.92 Å². The lowest BCUT2D eigenvalue weighted by atomic mass is 10.2. The van der Waals surface area contributed by atoms with Crippen molar-refractivity contribution in [1.29, 1.82) is 0 Å². The van der Waals surface area contributed by atoms with Crippen LogP contribution in [0.1, 0.15) is 25.1 Å². The molecule has 0 radical (unpaired) electrons. The van der Waals surface area contributed by atoms with Crippen molar-refractivity contribution < 1.29 is 14.0 Å². The van der Waals surface area contributed by atoms with Crippen molar-refractivity contribution >= 4 is 23.2 Å². The van der Waals surface area contributed by atoms with Crippen LogP contribution in [0.3, 0.4) is 0 Å². The molecule has 2 aromatic rings. The first kappa shape index (κ1) is 14.7. The van der Waals surface area contributed by atoms with E-state index in [0.29, 0.717) is 29.6 Å². The molecule has 0 spiro atoms. The Bertz CT molecular complexity index is 634. The Morgan fingerprint density at radius 3 is 2.24 bits per heavy atom. The molecule has 0 aliphatic heterocycles. The molecule has 0 atom stereocenters. The average molecular weight is 288 g/mol. The minimum absolute atomic E-state index is 0.137. The topological polar surface area (TPSA) is 97.1 Å². The molecule has 21 heavy (non-hydrogen) atoms. The Labute approximate surface area is 121 Å². The molecule has 0 fully saturated rings. The van der Waals surface area contributed by atoms with E-state index in [1.807, 2.05) is 0 Å². The molecule has 0 aliphatic rings. The molecule has 0 saturated heterocycles. The number of rotatable bonds is 5. The third kappa shape index (κ3) is 4.72. The van der Waals surface area contributed by atoms with Gasteiger partial charge in [-0.05, 0) is 24.3 Å². The van der Waals surface area contributed by atoms with Gasteiger partial charge in [0.05, 0.1) is 0 Å². The van der Waals surface area contributed by atoms with Crippen molar-refractivity contribution in [3.63, 3.8) is 0 Å². The number of benzene rings is 1. The SMILES string of the molecule is CC(=O)Nc1ccc(NC(=O)CCc2nnc(C)o2)cc1. The van der Waals surface area contributed by atoms with E-state index >= 15 is 0 Å². The van der Waals surface area contributed by atoms with Gasteiger partial charge in [-0.25, -0.2) is 0 Å². The summed E-state index contributed by atoms with van der Waals surface area (Å²) in [5, 5.41) is 12.9. The minimum Gasteiger partial charge on any atom is -0.426 e. The maximum absolute atomic E-state index is 11.8. The Morgan fingerprint density at radius 2 is 1.71 bits per heavy atom. The Kier molecular flexibility index (Phi) is 4.65. The van der Waals surface area contributed by atoms with E-state index in [9.17, 15) is 9.59 Å². The van der Waals surface area contributed by atoms with Crippen molar-refractivity contribution in [3.05, 3.63) is 36.0 Å². The van der Waals surface area contributed by atoms with Crippen LogP contribution in [0.25, 0.3) is 0 Å². The van der Waals surface area contributed by atoms with Crippen molar-refractivity contribution in [3.8, 4) is 0 Å². The molecule has 7 heteroatoms. The molecule has 7 nitrogen and oxygen atoms in total. The van der Waals surface area contributed by atoms with E-state index in [-0.39, 0.29) is 18.2 Å². The van der Waals surface area contributed by atoms with Gasteiger partial charge in [-0.2, -0.15) is 0 Å². The fourth-order valence-corrected chi connectivity index (χ4v) is 1.72. The first-order chi connectivity index (χ1) is 10.0. The second kappa shape index (κ2) is 6.65. The zero-order valence-corrected chi connectivity index (χ0v) is 11.8. The highest BCUT2D eigenvalue weighted by atomic mass is 16.4. The van der Waals surface area contributed by atoms with E-state index in [4.69, 9.17) is 4.42 Å². The standard InChI is InChI=1S/C14H16N4O3/c1-9(19)15-11-3-5-12(6-4-11)16-13(20)7-8-14-18-17-10(2)21-14/h3-6H,7-8H2,1-2H3,(H,15,19)(H,16,20). The van der Waals surface area contributed by atoms with Gasteiger partial charge < -0.3 is 15.1 Å². The highest BCUT2D eigenvalue weighted by Gasteiger charge is 2.07. The number of carbonyl (C=O) groups excluding carboxylic acids is 2. The number of carbonyl (C=O) groups is 2. The molecule has 1 aromatic carbocycles. The average Bonchev–Trinajstić information content (AvgIpc) is 2.84. The van der Waals surface area contributed by atoms with E-state index in [1.165, 1.54) is 6.92 Å². The van der Waals surface area contributed by atoms with E-state index in [1.54, 1.807) is 31.2 Å². The second-order valence-corrected chi connectivity index (χ2v) is 4.52. The monoisotopic (exact) mass is 288 g/mol. The molecule has 1 heterocycles. The first-order valence-corrected chi connectivity index (χ1v) is 6.49. The number of aryl methyl sites for hydroxylation is 2. The second-order valence-electron chi connectivity index (χ2n) is 4.52. The summed E-state index contributed by atoms with van der Waals surface area (Å²) in [5.41, 5.74) is 1.35. The summed E-state index contributed by atoms with van der Waals surface area (Å²) in [7, 11) is 0. The van der Waals surface area contributed by atoms with Gasteiger partial charge in [0, 0.05) is 38.1 Å². The molecule has 0 aliphatic carbocycles. The highest BCUT2D eigenvalue weighted by molar-refractivity contribution is 5.92. The normalized spacial score (nSPS) is 10.2. The van der Waals surface area contributed by atoms with Gasteiger partial charge in [0.1, 0.15) is 0 Å². The largest absolute Gasteiger partial charge is 0.426 e. The van der Waals surface area contributed by atoms with E-state index in [2.05, 4.69) is 20.8 Å². The van der Waals surface area contributed by atoms with Crippen molar-refractivity contribution in [1.82, 2.24) is 10.2 Å². The minimum atomic E-state index is -0.141. The number of nitrogens with one attached hydrogen (secondary N) is 2. The van der Waals surface area contributed by atoms with Gasteiger partial charge in [-0.1, -0.05) is 0 Å². The van der Waals surface area contributed by atoms with Crippen LogP contribution < -0.4 is 10.6 Å². The van der Waals surface area contributed by atoms with Crippen molar-refractivity contribution in [2.24, 2.45) is 0 Å².